The molecule has 3 N–H and O–H groups in total. The van der Waals surface area contributed by atoms with Gasteiger partial charge >= 0.3 is 6.09 Å². The molecule has 0 radical (unpaired) electrons. The molecule has 1 rings (SSSR count). The lowest BCUT2D eigenvalue weighted by Gasteiger charge is -2.31. The molecule has 0 aromatic heterocycles. The fraction of sp³-hybridized carbons (Fsp3) is 0.667. The van der Waals surface area contributed by atoms with E-state index in [2.05, 4.69) is 11.2 Å². The average molecular weight is 183 g/mol. The lowest BCUT2D eigenvalue weighted by atomic mass is 9.83. The van der Waals surface area contributed by atoms with Gasteiger partial charge in [-0.05, 0) is 25.7 Å². The summed E-state index contributed by atoms with van der Waals surface area (Å²) in [5.41, 5.74) is -1.02. The number of hydrogen-bond donors (Lipinski definition) is 3. The Morgan fingerprint density at radius 3 is 2.46 bits per heavy atom. The van der Waals surface area contributed by atoms with Crippen LogP contribution in [0.25, 0.3) is 0 Å². The van der Waals surface area contributed by atoms with Crippen LogP contribution in [0.1, 0.15) is 25.7 Å². The Morgan fingerprint density at radius 1 is 1.54 bits per heavy atom. The molecule has 1 aliphatic carbocycles. The molecule has 0 aromatic carbocycles. The Morgan fingerprint density at radius 2 is 2.08 bits per heavy atom. The van der Waals surface area contributed by atoms with Crippen molar-refractivity contribution in [2.24, 2.45) is 0 Å². The molecule has 4 heteroatoms. The van der Waals surface area contributed by atoms with E-state index in [1.807, 2.05) is 0 Å². The average Bonchev–Trinajstić information content (AvgIpc) is 2.09. The smallest absolute Gasteiger partial charge is 0.404 e. The fourth-order valence-electron chi connectivity index (χ4n) is 1.56. The first kappa shape index (κ1) is 9.87. The molecule has 13 heavy (non-hydrogen) atoms. The van der Waals surface area contributed by atoms with E-state index >= 15 is 0 Å². The van der Waals surface area contributed by atoms with Crippen LogP contribution < -0.4 is 5.32 Å². The zero-order chi connectivity index (χ0) is 9.90. The van der Waals surface area contributed by atoms with Crippen molar-refractivity contribution in [2.45, 2.75) is 37.3 Å². The van der Waals surface area contributed by atoms with Crippen LogP contribution in [0.15, 0.2) is 0 Å². The number of hydrogen-bond acceptors (Lipinski definition) is 2. The molecule has 0 bridgehead atoms. The lowest BCUT2D eigenvalue weighted by Crippen LogP contribution is -2.42. The van der Waals surface area contributed by atoms with Crippen LogP contribution in [0.4, 0.5) is 4.79 Å². The van der Waals surface area contributed by atoms with Crippen molar-refractivity contribution in [3.63, 3.8) is 0 Å². The number of carboxylic acid groups (broad SMARTS) is 1. The largest absolute Gasteiger partial charge is 0.465 e. The van der Waals surface area contributed by atoms with Gasteiger partial charge in [0.1, 0.15) is 5.60 Å². The lowest BCUT2D eigenvalue weighted by molar-refractivity contribution is 0.0510. The van der Waals surface area contributed by atoms with E-state index in [1.165, 1.54) is 0 Å². The summed E-state index contributed by atoms with van der Waals surface area (Å²) in [6.45, 7) is 0. The molecule has 1 aliphatic rings. The van der Waals surface area contributed by atoms with Gasteiger partial charge in [0.25, 0.3) is 0 Å². The third kappa shape index (κ3) is 2.63. The van der Waals surface area contributed by atoms with E-state index in [9.17, 15) is 9.90 Å². The first-order chi connectivity index (χ1) is 6.06. The molecule has 0 unspecified atom stereocenters. The van der Waals surface area contributed by atoms with E-state index in [1.54, 1.807) is 0 Å². The zero-order valence-electron chi connectivity index (χ0n) is 7.29. The molecule has 0 heterocycles. The normalized spacial score (nSPS) is 33.4. The first-order valence-electron chi connectivity index (χ1n) is 4.25. The highest BCUT2D eigenvalue weighted by molar-refractivity contribution is 5.64. The molecule has 4 nitrogen and oxygen atoms in total. The van der Waals surface area contributed by atoms with Gasteiger partial charge < -0.3 is 15.5 Å². The van der Waals surface area contributed by atoms with Crippen molar-refractivity contribution in [3.05, 3.63) is 0 Å². The number of rotatable bonds is 1. The molecule has 0 spiro atoms. The number of amides is 1. The summed E-state index contributed by atoms with van der Waals surface area (Å²) < 4.78 is 0. The summed E-state index contributed by atoms with van der Waals surface area (Å²) in [5, 5.41) is 20.4. The minimum atomic E-state index is -1.02. The quantitative estimate of drug-likeness (QED) is 0.520. The van der Waals surface area contributed by atoms with Crippen LogP contribution in [0, 0.1) is 12.3 Å². The third-order valence-electron chi connectivity index (χ3n) is 2.41. The second kappa shape index (κ2) is 3.67. The van der Waals surface area contributed by atoms with E-state index in [0.29, 0.717) is 25.7 Å². The number of aliphatic hydroxyl groups is 1. The van der Waals surface area contributed by atoms with Gasteiger partial charge in [-0.3, -0.25) is 0 Å². The molecule has 0 saturated heterocycles. The van der Waals surface area contributed by atoms with Crippen LogP contribution >= 0.6 is 0 Å². The van der Waals surface area contributed by atoms with Crippen molar-refractivity contribution in [1.29, 1.82) is 0 Å². The van der Waals surface area contributed by atoms with Crippen molar-refractivity contribution < 1.29 is 15.0 Å². The molecule has 72 valence electrons. The van der Waals surface area contributed by atoms with Gasteiger partial charge in [-0.1, -0.05) is 5.92 Å². The van der Waals surface area contributed by atoms with E-state index in [4.69, 9.17) is 11.5 Å². The van der Waals surface area contributed by atoms with Crippen molar-refractivity contribution >= 4 is 6.09 Å². The summed E-state index contributed by atoms with van der Waals surface area (Å²) >= 11 is 0. The number of terminal acetylenes is 1. The Kier molecular flexibility index (Phi) is 2.79. The van der Waals surface area contributed by atoms with Crippen LogP contribution in [-0.4, -0.2) is 27.9 Å². The first-order valence-corrected chi connectivity index (χ1v) is 4.25. The maximum Gasteiger partial charge on any atom is 0.404 e. The summed E-state index contributed by atoms with van der Waals surface area (Å²) in [6.07, 6.45) is 6.27. The van der Waals surface area contributed by atoms with Crippen molar-refractivity contribution in [1.82, 2.24) is 5.32 Å². The molecule has 0 aromatic rings. The van der Waals surface area contributed by atoms with Crippen molar-refractivity contribution in [3.8, 4) is 12.3 Å². The Hall–Kier alpha value is -1.21. The molecule has 1 fully saturated rings. The number of nitrogens with one attached hydrogen (secondary N) is 1. The predicted molar refractivity (Wildman–Crippen MR) is 47.2 cm³/mol. The SMILES string of the molecule is C#CC1(O)CCC(NC(=O)O)CC1. The molecule has 0 aliphatic heterocycles. The van der Waals surface area contributed by atoms with E-state index in [-0.39, 0.29) is 6.04 Å². The van der Waals surface area contributed by atoms with Gasteiger partial charge in [0.15, 0.2) is 0 Å². The predicted octanol–water partition coefficient (Wildman–Crippen LogP) is 0.561. The maximum atomic E-state index is 10.3. The molecule has 1 saturated carbocycles. The van der Waals surface area contributed by atoms with Crippen LogP contribution in [0.3, 0.4) is 0 Å². The van der Waals surface area contributed by atoms with Crippen molar-refractivity contribution in [2.75, 3.05) is 0 Å². The number of carbonyl (C=O) groups is 1. The van der Waals surface area contributed by atoms with E-state index < -0.39 is 11.7 Å². The Bertz CT molecular complexity index is 236. The summed E-state index contributed by atoms with van der Waals surface area (Å²) in [4.78, 5) is 10.3. The van der Waals surface area contributed by atoms with E-state index in [0.717, 1.165) is 0 Å². The minimum absolute atomic E-state index is 0.0638. The Labute approximate surface area is 77.0 Å². The highest BCUT2D eigenvalue weighted by Gasteiger charge is 2.31. The minimum Gasteiger partial charge on any atom is -0.465 e. The topological polar surface area (TPSA) is 69.6 Å². The summed E-state index contributed by atoms with van der Waals surface area (Å²) in [6, 6.07) is -0.0638. The molecular formula is C9H13NO3. The van der Waals surface area contributed by atoms with Gasteiger partial charge in [-0.15, -0.1) is 6.42 Å². The molecule has 0 atom stereocenters. The second-order valence-corrected chi connectivity index (χ2v) is 3.40. The summed E-state index contributed by atoms with van der Waals surface area (Å²) in [5.74, 6) is 2.33. The highest BCUT2D eigenvalue weighted by atomic mass is 16.4. The zero-order valence-corrected chi connectivity index (χ0v) is 7.29. The molecular weight excluding hydrogens is 170 g/mol. The second-order valence-electron chi connectivity index (χ2n) is 3.40. The monoisotopic (exact) mass is 183 g/mol. The van der Waals surface area contributed by atoms with Crippen LogP contribution in [0.5, 0.6) is 0 Å². The van der Waals surface area contributed by atoms with Crippen LogP contribution in [0.2, 0.25) is 0 Å². The molecule has 1 amide bonds. The van der Waals surface area contributed by atoms with Gasteiger partial charge in [0, 0.05) is 6.04 Å². The highest BCUT2D eigenvalue weighted by Crippen LogP contribution is 2.27. The Balaban J connectivity index is 2.40. The fourth-order valence-corrected chi connectivity index (χ4v) is 1.56. The van der Waals surface area contributed by atoms with Gasteiger partial charge in [0.05, 0.1) is 0 Å². The van der Waals surface area contributed by atoms with Gasteiger partial charge in [-0.2, -0.15) is 0 Å². The standard InChI is InChI=1S/C9H13NO3/c1-2-9(13)5-3-7(4-6-9)10-8(11)12/h1,7,10,13H,3-6H2,(H,11,12). The van der Waals surface area contributed by atoms with Gasteiger partial charge in [0.2, 0.25) is 0 Å². The third-order valence-corrected chi connectivity index (χ3v) is 2.41. The van der Waals surface area contributed by atoms with Gasteiger partial charge in [-0.25, -0.2) is 4.79 Å². The maximum absolute atomic E-state index is 10.3. The summed E-state index contributed by atoms with van der Waals surface area (Å²) in [7, 11) is 0. The van der Waals surface area contributed by atoms with Crippen LogP contribution in [-0.2, 0) is 0 Å².